The average molecular weight is 455 g/mol. The first-order valence-electron chi connectivity index (χ1n) is 12.8. The van der Waals surface area contributed by atoms with Crippen LogP contribution >= 0.6 is 0 Å². The third-order valence-electron chi connectivity index (χ3n) is 10.6. The van der Waals surface area contributed by atoms with Gasteiger partial charge in [0.2, 0.25) is 0 Å². The SMILES string of the molecule is C=C(C)C(=O)O[C@H]1CC[C@@]2(C)[C@H](CCC3[C@@H]2CC[C@]2(C)[C@@H](c4ccc(=O)oc4)CC[C@]32O)C1. The highest BCUT2D eigenvalue weighted by Gasteiger charge is 2.67. The number of carbonyl (C=O) groups excluding carboxylic acids is 1. The molecule has 0 radical (unpaired) electrons. The van der Waals surface area contributed by atoms with Crippen LogP contribution in [0.15, 0.2) is 39.8 Å². The van der Waals surface area contributed by atoms with Crippen LogP contribution in [0.4, 0.5) is 0 Å². The quantitative estimate of drug-likeness (QED) is 0.491. The summed E-state index contributed by atoms with van der Waals surface area (Å²) in [6.45, 7) is 10.1. The summed E-state index contributed by atoms with van der Waals surface area (Å²) >= 11 is 0. The van der Waals surface area contributed by atoms with Crippen molar-refractivity contribution < 1.29 is 19.1 Å². The Kier molecular flexibility index (Phi) is 5.43. The van der Waals surface area contributed by atoms with Crippen LogP contribution in [-0.2, 0) is 9.53 Å². The highest BCUT2D eigenvalue weighted by Crippen LogP contribution is 2.70. The highest BCUT2D eigenvalue weighted by molar-refractivity contribution is 5.87. The maximum atomic E-state index is 12.3. The molecule has 0 saturated heterocycles. The minimum Gasteiger partial charge on any atom is -0.459 e. The predicted octanol–water partition coefficient (Wildman–Crippen LogP) is 5.37. The molecule has 1 aromatic heterocycles. The molecule has 5 rings (SSSR count). The summed E-state index contributed by atoms with van der Waals surface area (Å²) in [6, 6.07) is 3.40. The first kappa shape index (κ1) is 22.9. The second-order valence-corrected chi connectivity index (χ2v) is 11.9. The Balaban J connectivity index is 1.37. The molecule has 4 fully saturated rings. The van der Waals surface area contributed by atoms with Crippen molar-refractivity contribution in [1.82, 2.24) is 0 Å². The Labute approximate surface area is 196 Å². The van der Waals surface area contributed by atoms with E-state index in [-0.39, 0.29) is 34.4 Å². The highest BCUT2D eigenvalue weighted by atomic mass is 16.5. The van der Waals surface area contributed by atoms with Crippen LogP contribution in [0.25, 0.3) is 0 Å². The molecule has 5 heteroatoms. The van der Waals surface area contributed by atoms with Gasteiger partial charge in [0, 0.05) is 17.1 Å². The topological polar surface area (TPSA) is 76.7 Å². The van der Waals surface area contributed by atoms with E-state index in [4.69, 9.17) is 9.15 Å². The molecule has 0 aliphatic heterocycles. The Bertz CT molecular complexity index is 991. The van der Waals surface area contributed by atoms with Gasteiger partial charge in [-0.1, -0.05) is 20.4 Å². The van der Waals surface area contributed by atoms with Gasteiger partial charge in [0.1, 0.15) is 6.10 Å². The zero-order valence-electron chi connectivity index (χ0n) is 20.3. The number of aliphatic hydroxyl groups is 1. The van der Waals surface area contributed by atoms with Gasteiger partial charge < -0.3 is 14.3 Å². The molecule has 180 valence electrons. The molecule has 1 unspecified atom stereocenters. The number of carbonyl (C=O) groups is 1. The Morgan fingerprint density at radius 2 is 1.88 bits per heavy atom. The van der Waals surface area contributed by atoms with Crippen LogP contribution in [0.3, 0.4) is 0 Å². The van der Waals surface area contributed by atoms with Gasteiger partial charge in [-0.3, -0.25) is 0 Å². The van der Waals surface area contributed by atoms with Crippen LogP contribution in [0.5, 0.6) is 0 Å². The maximum Gasteiger partial charge on any atom is 0.335 e. The van der Waals surface area contributed by atoms with E-state index in [1.165, 1.54) is 6.07 Å². The van der Waals surface area contributed by atoms with Crippen molar-refractivity contribution in [1.29, 1.82) is 0 Å². The van der Waals surface area contributed by atoms with Crippen LogP contribution in [0.1, 0.15) is 90.0 Å². The molecule has 4 aliphatic rings. The fourth-order valence-electron chi connectivity index (χ4n) is 8.65. The van der Waals surface area contributed by atoms with Gasteiger partial charge in [-0.15, -0.1) is 0 Å². The maximum absolute atomic E-state index is 12.3. The normalized spacial score (nSPS) is 44.3. The van der Waals surface area contributed by atoms with Gasteiger partial charge in [0.25, 0.3) is 0 Å². The van der Waals surface area contributed by atoms with E-state index in [2.05, 4.69) is 20.4 Å². The van der Waals surface area contributed by atoms with Crippen molar-refractivity contribution in [3.8, 4) is 0 Å². The fourth-order valence-corrected chi connectivity index (χ4v) is 8.65. The lowest BCUT2D eigenvalue weighted by Gasteiger charge is -2.63. The van der Waals surface area contributed by atoms with Gasteiger partial charge in [-0.05, 0) is 105 Å². The summed E-state index contributed by atoms with van der Waals surface area (Å²) in [5.41, 5.74) is 0.487. The number of rotatable bonds is 3. The van der Waals surface area contributed by atoms with E-state index in [0.717, 1.165) is 63.4 Å². The zero-order chi connectivity index (χ0) is 23.6. The standard InChI is InChI=1S/C28H38O5/c1-17(2)25(30)33-20-9-12-26(3)19(15-20)6-7-23-22(26)10-13-27(4)21(11-14-28(23,27)31)18-5-8-24(29)32-16-18/h5,8,16,19-23,31H,1,6-7,9-15H2,2-4H3/t19-,20+,21-,22+,23?,26+,27-,28+/m1/s1. The summed E-state index contributed by atoms with van der Waals surface area (Å²) in [7, 11) is 0. The second kappa shape index (κ2) is 7.83. The molecule has 0 spiro atoms. The summed E-state index contributed by atoms with van der Waals surface area (Å²) in [5.74, 6) is 1.28. The average Bonchev–Trinajstić information content (AvgIpc) is 3.06. The van der Waals surface area contributed by atoms with Gasteiger partial charge in [-0.2, -0.15) is 0 Å². The lowest BCUT2D eigenvalue weighted by atomic mass is 9.43. The van der Waals surface area contributed by atoms with E-state index in [1.54, 1.807) is 13.2 Å². The molecule has 0 aromatic carbocycles. The molecule has 0 amide bonds. The van der Waals surface area contributed by atoms with E-state index >= 15 is 0 Å². The third kappa shape index (κ3) is 3.37. The summed E-state index contributed by atoms with van der Waals surface area (Å²) in [5, 5.41) is 12.3. The lowest BCUT2D eigenvalue weighted by molar-refractivity contribution is -0.207. The zero-order valence-corrected chi connectivity index (χ0v) is 20.3. The Morgan fingerprint density at radius 3 is 2.58 bits per heavy atom. The van der Waals surface area contributed by atoms with Crippen molar-refractivity contribution in [2.75, 3.05) is 0 Å². The van der Waals surface area contributed by atoms with Crippen molar-refractivity contribution >= 4 is 5.97 Å². The third-order valence-corrected chi connectivity index (χ3v) is 10.6. The van der Waals surface area contributed by atoms with Crippen LogP contribution in [0, 0.1) is 28.6 Å². The smallest absolute Gasteiger partial charge is 0.335 e. The molecule has 4 saturated carbocycles. The molecule has 1 aromatic rings. The molecule has 4 aliphatic carbocycles. The van der Waals surface area contributed by atoms with Gasteiger partial charge >= 0.3 is 11.6 Å². The minimum atomic E-state index is -0.687. The molecular weight excluding hydrogens is 416 g/mol. The van der Waals surface area contributed by atoms with Gasteiger partial charge in [0.15, 0.2) is 0 Å². The van der Waals surface area contributed by atoms with Crippen LogP contribution in [0.2, 0.25) is 0 Å². The number of fused-ring (bicyclic) bond motifs is 5. The number of esters is 1. The molecule has 1 N–H and O–H groups in total. The monoisotopic (exact) mass is 454 g/mol. The molecule has 33 heavy (non-hydrogen) atoms. The Hall–Kier alpha value is -1.88. The number of hydrogen-bond acceptors (Lipinski definition) is 5. The molecule has 1 heterocycles. The second-order valence-electron chi connectivity index (χ2n) is 11.9. The minimum absolute atomic E-state index is 0.00985. The fraction of sp³-hybridized carbons (Fsp3) is 0.714. The van der Waals surface area contributed by atoms with E-state index in [9.17, 15) is 14.7 Å². The summed E-state index contributed by atoms with van der Waals surface area (Å²) in [4.78, 5) is 23.6. The first-order valence-corrected chi connectivity index (χ1v) is 12.8. The van der Waals surface area contributed by atoms with E-state index in [1.807, 2.05) is 6.07 Å². The number of ether oxygens (including phenoxy) is 1. The largest absolute Gasteiger partial charge is 0.459 e. The van der Waals surface area contributed by atoms with E-state index < -0.39 is 5.60 Å². The number of hydrogen-bond donors (Lipinski definition) is 1. The van der Waals surface area contributed by atoms with Crippen molar-refractivity contribution in [2.24, 2.45) is 28.6 Å². The lowest BCUT2D eigenvalue weighted by Crippen LogP contribution is -2.62. The van der Waals surface area contributed by atoms with Gasteiger partial charge in [0.05, 0.1) is 11.9 Å². The van der Waals surface area contributed by atoms with Crippen LogP contribution in [-0.4, -0.2) is 22.8 Å². The van der Waals surface area contributed by atoms with Gasteiger partial charge in [-0.25, -0.2) is 9.59 Å². The molecular formula is C28H38O5. The van der Waals surface area contributed by atoms with E-state index in [0.29, 0.717) is 23.3 Å². The van der Waals surface area contributed by atoms with Crippen molar-refractivity contribution in [3.63, 3.8) is 0 Å². The molecule has 0 bridgehead atoms. The molecule has 5 nitrogen and oxygen atoms in total. The first-order chi connectivity index (χ1) is 15.6. The van der Waals surface area contributed by atoms with Crippen molar-refractivity contribution in [3.05, 3.63) is 46.5 Å². The van der Waals surface area contributed by atoms with Crippen LogP contribution < -0.4 is 5.63 Å². The van der Waals surface area contributed by atoms with Crippen molar-refractivity contribution in [2.45, 2.75) is 96.2 Å². The Morgan fingerprint density at radius 1 is 1.09 bits per heavy atom. The predicted molar refractivity (Wildman–Crippen MR) is 126 cm³/mol. The summed E-state index contributed by atoms with van der Waals surface area (Å²) in [6.07, 6.45) is 10.5. The summed E-state index contributed by atoms with van der Waals surface area (Å²) < 4.78 is 10.9. The molecule has 8 atom stereocenters.